The maximum atomic E-state index is 11.7. The van der Waals surface area contributed by atoms with Gasteiger partial charge < -0.3 is 14.9 Å². The van der Waals surface area contributed by atoms with Crippen LogP contribution < -0.4 is 16.1 Å². The first-order valence-corrected chi connectivity index (χ1v) is 11.0. The molecule has 2 atom stereocenters. The predicted molar refractivity (Wildman–Crippen MR) is 106 cm³/mol. The van der Waals surface area contributed by atoms with Crippen LogP contribution in [-0.2, 0) is 14.0 Å². The monoisotopic (exact) mass is 369 g/mol. The summed E-state index contributed by atoms with van der Waals surface area (Å²) in [5, 5.41) is 2.33. The zero-order chi connectivity index (χ0) is 18.8. The van der Waals surface area contributed by atoms with Crippen LogP contribution in [0.3, 0.4) is 0 Å². The molecule has 5 heteroatoms. The van der Waals surface area contributed by atoms with Gasteiger partial charge in [0.1, 0.15) is 12.1 Å². The number of hydrogen-bond acceptors (Lipinski definition) is 4. The molecule has 1 heterocycles. The summed E-state index contributed by atoms with van der Waals surface area (Å²) in [6.07, 6.45) is 0.232. The van der Waals surface area contributed by atoms with Gasteiger partial charge in [0.15, 0.2) is 0 Å². The van der Waals surface area contributed by atoms with Gasteiger partial charge in [-0.1, -0.05) is 81.4 Å². The van der Waals surface area contributed by atoms with Crippen molar-refractivity contribution in [2.75, 3.05) is 6.61 Å². The smallest absolute Gasteiger partial charge is 0.323 e. The van der Waals surface area contributed by atoms with Crippen molar-refractivity contribution < 1.29 is 14.0 Å². The van der Waals surface area contributed by atoms with Crippen molar-refractivity contribution in [1.82, 2.24) is 0 Å². The fraction of sp³-hybridized carbons (Fsp3) is 0.381. The first kappa shape index (κ1) is 18.8. The number of carbonyl (C=O) groups excluding carboxylic acids is 1. The first-order chi connectivity index (χ1) is 12.3. The van der Waals surface area contributed by atoms with Crippen molar-refractivity contribution >= 4 is 24.7 Å². The molecule has 0 radical (unpaired) electrons. The molecule has 4 nitrogen and oxygen atoms in total. The van der Waals surface area contributed by atoms with Crippen molar-refractivity contribution in [3.05, 3.63) is 60.7 Å². The standard InChI is InChI=1S/C21H27NO3Si/c1-21(2,3)26(17-10-6-4-7-11-17,18-12-8-5-9-13-18)24-15-16-14-19(22)20(23)25-16/h4-13,16,19H,14-15,22H2,1-3H3/t16-,19+/m1/s1. The third-order valence-electron chi connectivity index (χ3n) is 5.00. The summed E-state index contributed by atoms with van der Waals surface area (Å²) in [6, 6.07) is 20.3. The topological polar surface area (TPSA) is 61.5 Å². The molecule has 1 aliphatic rings. The van der Waals surface area contributed by atoms with E-state index in [4.69, 9.17) is 14.9 Å². The number of rotatable bonds is 5. The zero-order valence-electron chi connectivity index (χ0n) is 15.6. The lowest BCUT2D eigenvalue weighted by molar-refractivity contribution is -0.143. The van der Waals surface area contributed by atoms with Crippen molar-refractivity contribution in [2.45, 2.75) is 44.4 Å². The highest BCUT2D eigenvalue weighted by atomic mass is 28.4. The van der Waals surface area contributed by atoms with E-state index < -0.39 is 14.4 Å². The van der Waals surface area contributed by atoms with Gasteiger partial charge in [-0.05, 0) is 15.4 Å². The molecule has 3 rings (SSSR count). The minimum Gasteiger partial charge on any atom is -0.459 e. The Hall–Kier alpha value is -1.95. The highest BCUT2D eigenvalue weighted by Gasteiger charge is 2.50. The molecule has 0 bridgehead atoms. The molecule has 26 heavy (non-hydrogen) atoms. The second-order valence-corrected chi connectivity index (χ2v) is 12.2. The minimum atomic E-state index is -2.59. The van der Waals surface area contributed by atoms with Crippen LogP contribution in [0.15, 0.2) is 60.7 Å². The number of hydrogen-bond donors (Lipinski definition) is 1. The van der Waals surface area contributed by atoms with E-state index in [-0.39, 0.29) is 17.1 Å². The summed E-state index contributed by atoms with van der Waals surface area (Å²) in [6.45, 7) is 7.05. The van der Waals surface area contributed by atoms with Gasteiger partial charge >= 0.3 is 5.97 Å². The third-order valence-corrected chi connectivity index (χ3v) is 10.0. The van der Waals surface area contributed by atoms with E-state index in [0.29, 0.717) is 13.0 Å². The molecular weight excluding hydrogens is 342 g/mol. The SMILES string of the molecule is CC(C)(C)[Si](OC[C@H]1C[C@H](N)C(=O)O1)(c1ccccc1)c1ccccc1. The second-order valence-electron chi connectivity index (χ2n) is 7.88. The molecule has 1 fully saturated rings. The van der Waals surface area contributed by atoms with E-state index in [2.05, 4.69) is 69.3 Å². The van der Waals surface area contributed by atoms with Crippen LogP contribution in [0.2, 0.25) is 5.04 Å². The van der Waals surface area contributed by atoms with Crippen molar-refractivity contribution in [3.63, 3.8) is 0 Å². The highest BCUT2D eigenvalue weighted by Crippen LogP contribution is 2.37. The van der Waals surface area contributed by atoms with E-state index in [9.17, 15) is 4.79 Å². The number of carbonyl (C=O) groups is 1. The quantitative estimate of drug-likeness (QED) is 0.648. The van der Waals surface area contributed by atoms with Crippen molar-refractivity contribution in [3.8, 4) is 0 Å². The fourth-order valence-corrected chi connectivity index (χ4v) is 8.35. The van der Waals surface area contributed by atoms with Gasteiger partial charge in [0.05, 0.1) is 6.61 Å². The molecule has 2 aromatic carbocycles. The van der Waals surface area contributed by atoms with E-state index in [1.54, 1.807) is 0 Å². The van der Waals surface area contributed by atoms with Gasteiger partial charge in [0.2, 0.25) is 0 Å². The van der Waals surface area contributed by atoms with E-state index in [1.807, 2.05) is 12.1 Å². The Labute approximate surface area is 156 Å². The maximum Gasteiger partial charge on any atom is 0.323 e. The molecule has 0 aromatic heterocycles. The number of nitrogens with two attached hydrogens (primary N) is 1. The molecule has 0 amide bonds. The highest BCUT2D eigenvalue weighted by molar-refractivity contribution is 6.99. The Kier molecular flexibility index (Phi) is 5.32. The largest absolute Gasteiger partial charge is 0.459 e. The van der Waals surface area contributed by atoms with Gasteiger partial charge in [-0.15, -0.1) is 0 Å². The molecule has 0 saturated carbocycles. The number of ether oxygens (including phenoxy) is 1. The van der Waals surface area contributed by atoms with E-state index in [1.165, 1.54) is 10.4 Å². The molecule has 2 aromatic rings. The summed E-state index contributed by atoms with van der Waals surface area (Å²) < 4.78 is 12.1. The first-order valence-electron chi connectivity index (χ1n) is 9.05. The van der Waals surface area contributed by atoms with Crippen LogP contribution in [0.4, 0.5) is 0 Å². The van der Waals surface area contributed by atoms with Crippen LogP contribution in [0.5, 0.6) is 0 Å². The molecule has 138 valence electrons. The van der Waals surface area contributed by atoms with Gasteiger partial charge in [-0.3, -0.25) is 4.79 Å². The lowest BCUT2D eigenvalue weighted by Gasteiger charge is -2.43. The number of benzene rings is 2. The summed E-state index contributed by atoms with van der Waals surface area (Å²) in [7, 11) is -2.59. The lowest BCUT2D eigenvalue weighted by atomic mass is 10.2. The van der Waals surface area contributed by atoms with Crippen molar-refractivity contribution in [2.24, 2.45) is 5.73 Å². The molecular formula is C21H27NO3Si. The third kappa shape index (κ3) is 3.47. The van der Waals surface area contributed by atoms with Crippen LogP contribution in [0.1, 0.15) is 27.2 Å². The summed E-state index contributed by atoms with van der Waals surface area (Å²) in [5.74, 6) is -0.332. The summed E-state index contributed by atoms with van der Waals surface area (Å²) in [5.41, 5.74) is 5.80. The number of esters is 1. The van der Waals surface area contributed by atoms with Gasteiger partial charge in [-0.25, -0.2) is 0 Å². The molecule has 2 N–H and O–H groups in total. The number of cyclic esters (lactones) is 1. The Morgan fingerprint density at radius 2 is 1.54 bits per heavy atom. The van der Waals surface area contributed by atoms with E-state index >= 15 is 0 Å². The summed E-state index contributed by atoms with van der Waals surface area (Å²) >= 11 is 0. The Morgan fingerprint density at radius 1 is 1.04 bits per heavy atom. The average Bonchev–Trinajstić information content (AvgIpc) is 2.94. The average molecular weight is 370 g/mol. The van der Waals surface area contributed by atoms with Crippen LogP contribution in [-0.4, -0.2) is 33.0 Å². The van der Waals surface area contributed by atoms with Crippen molar-refractivity contribution in [1.29, 1.82) is 0 Å². The summed E-state index contributed by atoms with van der Waals surface area (Å²) in [4.78, 5) is 11.7. The molecule has 0 unspecified atom stereocenters. The predicted octanol–water partition coefficient (Wildman–Crippen LogP) is 2.21. The zero-order valence-corrected chi connectivity index (χ0v) is 16.6. The minimum absolute atomic E-state index is 0.0968. The van der Waals surface area contributed by atoms with Crippen LogP contribution in [0, 0.1) is 0 Å². The Balaban J connectivity index is 2.02. The Morgan fingerprint density at radius 3 is 1.92 bits per heavy atom. The normalized spacial score (nSPS) is 20.8. The van der Waals surface area contributed by atoms with E-state index in [0.717, 1.165) is 0 Å². The maximum absolute atomic E-state index is 11.7. The second kappa shape index (κ2) is 7.35. The van der Waals surface area contributed by atoms with Crippen LogP contribution in [0.25, 0.3) is 0 Å². The molecule has 1 aliphatic heterocycles. The fourth-order valence-electron chi connectivity index (χ4n) is 3.76. The molecule has 0 spiro atoms. The van der Waals surface area contributed by atoms with Crippen LogP contribution >= 0.6 is 0 Å². The molecule has 0 aliphatic carbocycles. The Bertz CT molecular complexity index is 703. The molecule has 1 saturated heterocycles. The van der Waals surface area contributed by atoms with Gasteiger partial charge in [0, 0.05) is 6.42 Å². The van der Waals surface area contributed by atoms with Gasteiger partial charge in [0.25, 0.3) is 8.32 Å². The van der Waals surface area contributed by atoms with Gasteiger partial charge in [-0.2, -0.15) is 0 Å². The lowest BCUT2D eigenvalue weighted by Crippen LogP contribution is -2.67.